The Hall–Kier alpha value is -1.42. The van der Waals surface area contributed by atoms with E-state index >= 15 is 0 Å². The van der Waals surface area contributed by atoms with Crippen LogP contribution < -0.4 is 4.74 Å². The lowest BCUT2D eigenvalue weighted by atomic mass is 10.2. The molecule has 0 bridgehead atoms. The Morgan fingerprint density at radius 3 is 2.92 bits per heavy atom. The maximum absolute atomic E-state index is 10.3. The van der Waals surface area contributed by atoms with Crippen LogP contribution in [0.1, 0.15) is 5.56 Å². The highest BCUT2D eigenvalue weighted by molar-refractivity contribution is 5.52. The van der Waals surface area contributed by atoms with Gasteiger partial charge in [0.1, 0.15) is 18.0 Å². The molecule has 0 aliphatic rings. The minimum absolute atomic E-state index is 0.0771. The van der Waals surface area contributed by atoms with Crippen molar-refractivity contribution >= 4 is 5.69 Å². The molecule has 1 rings (SSSR count). The molecule has 1 N–H and O–H groups in total. The van der Waals surface area contributed by atoms with E-state index in [0.29, 0.717) is 5.75 Å². The van der Waals surface area contributed by atoms with Gasteiger partial charge in [-0.1, -0.05) is 6.07 Å². The highest BCUT2D eigenvalue weighted by atomic mass is 16.5. The second kappa shape index (κ2) is 4.57. The molecule has 70 valence electrons. The zero-order valence-electron chi connectivity index (χ0n) is 7.36. The first kappa shape index (κ1) is 9.67. The Balaban J connectivity index is 2.87. The Morgan fingerprint density at radius 2 is 2.31 bits per heavy atom. The zero-order valence-corrected chi connectivity index (χ0v) is 7.36. The van der Waals surface area contributed by atoms with Crippen molar-refractivity contribution in [3.8, 4) is 5.75 Å². The first-order valence-electron chi connectivity index (χ1n) is 3.95. The molecule has 0 aliphatic carbocycles. The molecular weight excluding hydrogens is 170 g/mol. The molecule has 0 heterocycles. The van der Waals surface area contributed by atoms with Gasteiger partial charge >= 0.3 is 0 Å². The summed E-state index contributed by atoms with van der Waals surface area (Å²) in [4.78, 5) is 10.3. The van der Waals surface area contributed by atoms with Gasteiger partial charge in [0.25, 0.3) is 0 Å². The molecule has 4 nitrogen and oxygen atoms in total. The van der Waals surface area contributed by atoms with E-state index in [9.17, 15) is 4.91 Å². The van der Waals surface area contributed by atoms with E-state index in [4.69, 9.17) is 9.84 Å². The Morgan fingerprint density at radius 1 is 1.54 bits per heavy atom. The van der Waals surface area contributed by atoms with E-state index in [1.807, 2.05) is 6.92 Å². The van der Waals surface area contributed by atoms with Gasteiger partial charge in [-0.3, -0.25) is 0 Å². The monoisotopic (exact) mass is 181 g/mol. The molecule has 0 aromatic heterocycles. The highest BCUT2D eigenvalue weighted by Gasteiger charge is 2.03. The van der Waals surface area contributed by atoms with Crippen LogP contribution in [0.3, 0.4) is 0 Å². The van der Waals surface area contributed by atoms with Gasteiger partial charge in [-0.05, 0) is 29.8 Å². The zero-order chi connectivity index (χ0) is 9.68. The standard InChI is InChI=1S/C9H11NO3/c1-7-2-3-8(10-12)9(6-7)13-5-4-11/h2-3,6,11H,4-5H2,1H3. The van der Waals surface area contributed by atoms with Crippen LogP contribution in [0.4, 0.5) is 5.69 Å². The third-order valence-electron chi connectivity index (χ3n) is 1.56. The number of hydrogen-bond acceptors (Lipinski definition) is 4. The first-order valence-corrected chi connectivity index (χ1v) is 3.95. The fourth-order valence-corrected chi connectivity index (χ4v) is 0.968. The minimum atomic E-state index is -0.0771. The Labute approximate surface area is 76.1 Å². The van der Waals surface area contributed by atoms with Crippen molar-refractivity contribution in [3.63, 3.8) is 0 Å². The Bertz CT molecular complexity index is 299. The summed E-state index contributed by atoms with van der Waals surface area (Å²) in [5.74, 6) is 0.420. The predicted octanol–water partition coefficient (Wildman–Crippen LogP) is 1.76. The average molecular weight is 181 g/mol. The van der Waals surface area contributed by atoms with Crippen LogP contribution >= 0.6 is 0 Å². The van der Waals surface area contributed by atoms with Gasteiger partial charge in [-0.25, -0.2) is 0 Å². The summed E-state index contributed by atoms with van der Waals surface area (Å²) in [7, 11) is 0. The summed E-state index contributed by atoms with van der Waals surface area (Å²) < 4.78 is 5.11. The van der Waals surface area contributed by atoms with Crippen LogP contribution in [0.25, 0.3) is 0 Å². The van der Waals surface area contributed by atoms with Crippen LogP contribution in [-0.2, 0) is 0 Å². The molecule has 0 amide bonds. The lowest BCUT2D eigenvalue weighted by Gasteiger charge is -2.06. The van der Waals surface area contributed by atoms with Gasteiger partial charge in [-0.15, -0.1) is 4.91 Å². The van der Waals surface area contributed by atoms with E-state index in [0.717, 1.165) is 5.56 Å². The largest absolute Gasteiger partial charge is 0.489 e. The van der Waals surface area contributed by atoms with Crippen molar-refractivity contribution in [3.05, 3.63) is 28.7 Å². The highest BCUT2D eigenvalue weighted by Crippen LogP contribution is 2.27. The molecule has 4 heteroatoms. The number of ether oxygens (including phenoxy) is 1. The van der Waals surface area contributed by atoms with Crippen molar-refractivity contribution in [1.82, 2.24) is 0 Å². The van der Waals surface area contributed by atoms with Gasteiger partial charge in [0, 0.05) is 0 Å². The maximum Gasteiger partial charge on any atom is 0.149 e. The number of nitrogens with zero attached hydrogens (tertiary/aromatic N) is 1. The van der Waals surface area contributed by atoms with E-state index in [-0.39, 0.29) is 18.9 Å². The minimum Gasteiger partial charge on any atom is -0.489 e. The van der Waals surface area contributed by atoms with Crippen LogP contribution in [0, 0.1) is 11.8 Å². The second-order valence-corrected chi connectivity index (χ2v) is 2.63. The summed E-state index contributed by atoms with van der Waals surface area (Å²) in [5, 5.41) is 11.3. The molecule has 0 radical (unpaired) electrons. The van der Waals surface area contributed by atoms with Crippen LogP contribution in [0.15, 0.2) is 23.4 Å². The lowest BCUT2D eigenvalue weighted by molar-refractivity contribution is 0.202. The smallest absolute Gasteiger partial charge is 0.149 e. The van der Waals surface area contributed by atoms with Crippen molar-refractivity contribution in [1.29, 1.82) is 0 Å². The quantitative estimate of drug-likeness (QED) is 0.720. The molecular formula is C9H11NO3. The topological polar surface area (TPSA) is 58.9 Å². The number of nitroso groups, excluding NO2 is 1. The van der Waals surface area contributed by atoms with Gasteiger partial charge in [0.05, 0.1) is 6.61 Å². The fourth-order valence-electron chi connectivity index (χ4n) is 0.968. The molecule has 0 spiro atoms. The molecule has 13 heavy (non-hydrogen) atoms. The number of rotatable bonds is 4. The summed E-state index contributed by atoms with van der Waals surface area (Å²) >= 11 is 0. The summed E-state index contributed by atoms with van der Waals surface area (Å²) in [6.45, 7) is 1.98. The average Bonchev–Trinajstić information content (AvgIpc) is 2.15. The summed E-state index contributed by atoms with van der Waals surface area (Å²) in [5.41, 5.74) is 1.25. The van der Waals surface area contributed by atoms with E-state index in [2.05, 4.69) is 5.18 Å². The SMILES string of the molecule is Cc1ccc(N=O)c(OCCO)c1. The normalized spacial score (nSPS) is 9.69. The van der Waals surface area contributed by atoms with E-state index in [1.165, 1.54) is 0 Å². The van der Waals surface area contributed by atoms with Gasteiger partial charge in [0.15, 0.2) is 0 Å². The molecule has 0 aliphatic heterocycles. The number of aliphatic hydroxyl groups is 1. The van der Waals surface area contributed by atoms with Crippen molar-refractivity contribution < 1.29 is 9.84 Å². The van der Waals surface area contributed by atoms with Gasteiger partial charge in [0.2, 0.25) is 0 Å². The number of aryl methyl sites for hydroxylation is 1. The molecule has 0 atom stereocenters. The molecule has 0 saturated heterocycles. The first-order chi connectivity index (χ1) is 6.27. The Kier molecular flexibility index (Phi) is 3.40. The number of aliphatic hydroxyl groups excluding tert-OH is 1. The molecule has 1 aromatic rings. The van der Waals surface area contributed by atoms with Crippen LogP contribution in [0.5, 0.6) is 5.75 Å². The number of hydrogen-bond donors (Lipinski definition) is 1. The van der Waals surface area contributed by atoms with Crippen molar-refractivity contribution in [2.75, 3.05) is 13.2 Å². The van der Waals surface area contributed by atoms with Crippen LogP contribution in [0.2, 0.25) is 0 Å². The van der Waals surface area contributed by atoms with E-state index < -0.39 is 0 Å². The lowest BCUT2D eigenvalue weighted by Crippen LogP contribution is -2.01. The maximum atomic E-state index is 10.3. The van der Waals surface area contributed by atoms with E-state index in [1.54, 1.807) is 18.2 Å². The van der Waals surface area contributed by atoms with Crippen LogP contribution in [-0.4, -0.2) is 18.3 Å². The molecule has 0 unspecified atom stereocenters. The third-order valence-corrected chi connectivity index (χ3v) is 1.56. The summed E-state index contributed by atoms with van der Waals surface area (Å²) in [6.07, 6.45) is 0. The predicted molar refractivity (Wildman–Crippen MR) is 49.2 cm³/mol. The third kappa shape index (κ3) is 2.52. The van der Waals surface area contributed by atoms with Gasteiger partial charge in [-0.2, -0.15) is 0 Å². The van der Waals surface area contributed by atoms with Gasteiger partial charge < -0.3 is 9.84 Å². The van der Waals surface area contributed by atoms with Crippen molar-refractivity contribution in [2.24, 2.45) is 5.18 Å². The fraction of sp³-hybridized carbons (Fsp3) is 0.333. The molecule has 0 fully saturated rings. The van der Waals surface area contributed by atoms with Crippen molar-refractivity contribution in [2.45, 2.75) is 6.92 Å². The molecule has 1 aromatic carbocycles. The second-order valence-electron chi connectivity index (χ2n) is 2.63. The summed E-state index contributed by atoms with van der Waals surface area (Å²) in [6, 6.07) is 5.09. The molecule has 0 saturated carbocycles. The number of benzene rings is 1.